The summed E-state index contributed by atoms with van der Waals surface area (Å²) in [7, 11) is 0. The molecule has 0 aromatic heterocycles. The average Bonchev–Trinajstić information content (AvgIpc) is 2.66. The number of anilines is 1. The quantitative estimate of drug-likeness (QED) is 0.857. The van der Waals surface area contributed by atoms with Crippen molar-refractivity contribution >= 4 is 27.6 Å². The number of ether oxygens (including phenoxy) is 1. The summed E-state index contributed by atoms with van der Waals surface area (Å²) in [6, 6.07) is 8.18. The molecule has 1 spiro atoms. The fraction of sp³-hybridized carbons (Fsp3) is 0.533. The van der Waals surface area contributed by atoms with Crippen molar-refractivity contribution < 1.29 is 4.74 Å². The van der Waals surface area contributed by atoms with Gasteiger partial charge >= 0.3 is 0 Å². The molecule has 0 saturated carbocycles. The van der Waals surface area contributed by atoms with Crippen LogP contribution in [0, 0.1) is 0 Å². The van der Waals surface area contributed by atoms with E-state index in [0.717, 1.165) is 29.5 Å². The standard InChI is InChI=1S/C15H20BrN3O/c1-10-7-15(8-11(2)20-10)9-18-14(17)19(15)13-6-4-3-5-12(13)16/h3-6,10-11H,7-9H2,1-2H3,(H2,17,18). The van der Waals surface area contributed by atoms with Crippen LogP contribution in [-0.4, -0.2) is 30.3 Å². The molecule has 2 atom stereocenters. The van der Waals surface area contributed by atoms with Crippen LogP contribution in [0.4, 0.5) is 5.69 Å². The number of hydrogen-bond donors (Lipinski definition) is 1. The van der Waals surface area contributed by atoms with Gasteiger partial charge in [-0.3, -0.25) is 4.99 Å². The van der Waals surface area contributed by atoms with Gasteiger partial charge in [-0.1, -0.05) is 12.1 Å². The zero-order valence-corrected chi connectivity index (χ0v) is 13.4. The molecule has 0 radical (unpaired) electrons. The minimum atomic E-state index is -0.0506. The molecule has 2 aliphatic rings. The van der Waals surface area contributed by atoms with Crippen LogP contribution in [-0.2, 0) is 4.74 Å². The Morgan fingerprint density at radius 2 is 1.95 bits per heavy atom. The molecule has 20 heavy (non-hydrogen) atoms. The number of benzene rings is 1. The maximum Gasteiger partial charge on any atom is 0.196 e. The minimum absolute atomic E-state index is 0.0506. The van der Waals surface area contributed by atoms with E-state index in [0.29, 0.717) is 5.96 Å². The molecule has 0 aliphatic carbocycles. The topological polar surface area (TPSA) is 50.8 Å². The lowest BCUT2D eigenvalue weighted by molar-refractivity contribution is -0.0559. The summed E-state index contributed by atoms with van der Waals surface area (Å²) in [5, 5.41) is 0. The maximum absolute atomic E-state index is 6.19. The van der Waals surface area contributed by atoms with Gasteiger partial charge in [-0.2, -0.15) is 0 Å². The first kappa shape index (κ1) is 13.9. The molecule has 0 amide bonds. The third kappa shape index (κ3) is 2.23. The summed E-state index contributed by atoms with van der Waals surface area (Å²) >= 11 is 3.63. The predicted molar refractivity (Wildman–Crippen MR) is 85.1 cm³/mol. The first-order valence-corrected chi connectivity index (χ1v) is 7.81. The summed E-state index contributed by atoms with van der Waals surface area (Å²) in [5.41, 5.74) is 7.23. The number of rotatable bonds is 1. The van der Waals surface area contributed by atoms with E-state index in [2.05, 4.69) is 45.7 Å². The van der Waals surface area contributed by atoms with E-state index in [9.17, 15) is 0 Å². The smallest absolute Gasteiger partial charge is 0.196 e. The molecule has 2 N–H and O–H groups in total. The van der Waals surface area contributed by atoms with Crippen molar-refractivity contribution in [1.82, 2.24) is 0 Å². The van der Waals surface area contributed by atoms with Crippen molar-refractivity contribution in [3.05, 3.63) is 28.7 Å². The number of hydrogen-bond acceptors (Lipinski definition) is 4. The zero-order chi connectivity index (χ0) is 14.3. The van der Waals surface area contributed by atoms with E-state index in [-0.39, 0.29) is 17.7 Å². The minimum Gasteiger partial charge on any atom is -0.375 e. The summed E-state index contributed by atoms with van der Waals surface area (Å²) in [6.45, 7) is 5.01. The highest BCUT2D eigenvalue weighted by Crippen LogP contribution is 2.42. The summed E-state index contributed by atoms with van der Waals surface area (Å²) in [5.74, 6) is 0.609. The van der Waals surface area contributed by atoms with Gasteiger partial charge in [-0.25, -0.2) is 0 Å². The van der Waals surface area contributed by atoms with Crippen LogP contribution >= 0.6 is 15.9 Å². The van der Waals surface area contributed by atoms with E-state index in [4.69, 9.17) is 10.5 Å². The fourth-order valence-electron chi connectivity index (χ4n) is 3.58. The molecule has 1 aromatic rings. The highest BCUT2D eigenvalue weighted by molar-refractivity contribution is 9.10. The van der Waals surface area contributed by atoms with Gasteiger partial charge < -0.3 is 15.4 Å². The van der Waals surface area contributed by atoms with Gasteiger partial charge in [0.25, 0.3) is 0 Å². The van der Waals surface area contributed by atoms with Gasteiger partial charge in [0, 0.05) is 4.47 Å². The lowest BCUT2D eigenvalue weighted by Crippen LogP contribution is -2.58. The first-order valence-electron chi connectivity index (χ1n) is 7.02. The molecule has 108 valence electrons. The number of aliphatic imine (C=N–C) groups is 1. The van der Waals surface area contributed by atoms with E-state index in [1.807, 2.05) is 18.2 Å². The van der Waals surface area contributed by atoms with Gasteiger partial charge in [0.05, 0.1) is 30.0 Å². The third-order valence-electron chi connectivity index (χ3n) is 4.13. The Morgan fingerprint density at radius 3 is 2.60 bits per heavy atom. The zero-order valence-electron chi connectivity index (χ0n) is 11.8. The second kappa shape index (κ2) is 5.04. The van der Waals surface area contributed by atoms with E-state index >= 15 is 0 Å². The molecule has 5 heteroatoms. The lowest BCUT2D eigenvalue weighted by Gasteiger charge is -2.46. The highest BCUT2D eigenvalue weighted by Gasteiger charge is 2.48. The van der Waals surface area contributed by atoms with Crippen LogP contribution in [0.2, 0.25) is 0 Å². The molecule has 2 heterocycles. The Balaban J connectivity index is 2.02. The number of para-hydroxylation sites is 1. The predicted octanol–water partition coefficient (Wildman–Crippen LogP) is 2.91. The van der Waals surface area contributed by atoms with Crippen LogP contribution in [0.25, 0.3) is 0 Å². The monoisotopic (exact) mass is 337 g/mol. The molecular weight excluding hydrogens is 318 g/mol. The molecule has 1 fully saturated rings. The van der Waals surface area contributed by atoms with Crippen molar-refractivity contribution in [3.8, 4) is 0 Å². The van der Waals surface area contributed by atoms with Gasteiger partial charge in [0.2, 0.25) is 0 Å². The number of halogens is 1. The molecule has 2 aliphatic heterocycles. The molecule has 3 rings (SSSR count). The average molecular weight is 338 g/mol. The Kier molecular flexibility index (Phi) is 3.50. The Hall–Kier alpha value is -1.07. The van der Waals surface area contributed by atoms with Gasteiger partial charge in [0.1, 0.15) is 0 Å². The van der Waals surface area contributed by atoms with Crippen molar-refractivity contribution in [2.45, 2.75) is 44.4 Å². The van der Waals surface area contributed by atoms with Crippen molar-refractivity contribution in [2.24, 2.45) is 10.7 Å². The molecule has 1 aromatic carbocycles. The highest BCUT2D eigenvalue weighted by atomic mass is 79.9. The lowest BCUT2D eigenvalue weighted by atomic mass is 9.83. The number of nitrogens with two attached hydrogens (primary N) is 1. The van der Waals surface area contributed by atoms with Crippen LogP contribution in [0.3, 0.4) is 0 Å². The second-order valence-corrected chi connectivity index (χ2v) is 6.71. The van der Waals surface area contributed by atoms with Crippen molar-refractivity contribution in [3.63, 3.8) is 0 Å². The summed E-state index contributed by atoms with van der Waals surface area (Å²) < 4.78 is 6.94. The summed E-state index contributed by atoms with van der Waals surface area (Å²) in [4.78, 5) is 6.73. The Bertz CT molecular complexity index is 536. The molecular formula is C15H20BrN3O. The van der Waals surface area contributed by atoms with E-state index < -0.39 is 0 Å². The molecule has 0 bridgehead atoms. The Morgan fingerprint density at radius 1 is 1.30 bits per heavy atom. The SMILES string of the molecule is CC1CC2(CN=C(N)N2c2ccccc2Br)CC(C)O1. The van der Waals surface area contributed by atoms with Gasteiger partial charge in [-0.05, 0) is 54.8 Å². The van der Waals surface area contributed by atoms with Crippen LogP contribution in [0.1, 0.15) is 26.7 Å². The van der Waals surface area contributed by atoms with E-state index in [1.165, 1.54) is 0 Å². The largest absolute Gasteiger partial charge is 0.375 e. The molecule has 4 nitrogen and oxygen atoms in total. The molecule has 2 unspecified atom stereocenters. The van der Waals surface area contributed by atoms with Gasteiger partial charge in [0.15, 0.2) is 5.96 Å². The number of guanidine groups is 1. The fourth-order valence-corrected chi connectivity index (χ4v) is 4.04. The Labute approximate surface area is 128 Å². The van der Waals surface area contributed by atoms with Crippen molar-refractivity contribution in [1.29, 1.82) is 0 Å². The van der Waals surface area contributed by atoms with Crippen LogP contribution in [0.15, 0.2) is 33.7 Å². The van der Waals surface area contributed by atoms with Crippen LogP contribution in [0.5, 0.6) is 0 Å². The maximum atomic E-state index is 6.19. The molecule has 1 saturated heterocycles. The third-order valence-corrected chi connectivity index (χ3v) is 4.80. The summed E-state index contributed by atoms with van der Waals surface area (Å²) in [6.07, 6.45) is 2.35. The first-order chi connectivity index (χ1) is 9.52. The van der Waals surface area contributed by atoms with Crippen molar-refractivity contribution in [2.75, 3.05) is 11.4 Å². The van der Waals surface area contributed by atoms with Crippen LogP contribution < -0.4 is 10.6 Å². The van der Waals surface area contributed by atoms with E-state index in [1.54, 1.807) is 0 Å². The van der Waals surface area contributed by atoms with Gasteiger partial charge in [-0.15, -0.1) is 0 Å². The number of nitrogens with zero attached hydrogens (tertiary/aromatic N) is 2. The second-order valence-electron chi connectivity index (χ2n) is 5.85. The normalized spacial score (nSPS) is 33.5.